The van der Waals surface area contributed by atoms with Gasteiger partial charge in [0.1, 0.15) is 0 Å². The lowest BCUT2D eigenvalue weighted by molar-refractivity contribution is -0.146. The highest BCUT2D eigenvalue weighted by atomic mass is 16.5. The molecule has 0 saturated carbocycles. The number of esters is 2. The Morgan fingerprint density at radius 2 is 0.509 bits per heavy atom. The van der Waals surface area contributed by atoms with E-state index in [2.05, 4.69) is 27.7 Å². The van der Waals surface area contributed by atoms with E-state index in [0.29, 0.717) is 37.9 Å². The van der Waals surface area contributed by atoms with Gasteiger partial charge in [-0.3, -0.25) is 9.59 Å². The van der Waals surface area contributed by atoms with Crippen LogP contribution >= 0.6 is 0 Å². The fourth-order valence-corrected chi connectivity index (χ4v) is 7.82. The molecule has 0 heterocycles. The minimum absolute atomic E-state index is 0.0139. The summed E-state index contributed by atoms with van der Waals surface area (Å²) in [5, 5.41) is 0. The quantitative estimate of drug-likeness (QED) is 0.0460. The molecule has 0 radical (unpaired) electrons. The second kappa shape index (κ2) is 43.7. The summed E-state index contributed by atoms with van der Waals surface area (Å²) in [7, 11) is 0. The highest BCUT2D eigenvalue weighted by Crippen LogP contribution is 2.22. The van der Waals surface area contributed by atoms with E-state index >= 15 is 0 Å². The maximum atomic E-state index is 12.6. The second-order valence-electron chi connectivity index (χ2n) is 17.0. The summed E-state index contributed by atoms with van der Waals surface area (Å²) in [6.45, 7) is 10.3. The largest absolute Gasteiger partial charge is 0.465 e. The summed E-state index contributed by atoms with van der Waals surface area (Å²) >= 11 is 0. The summed E-state index contributed by atoms with van der Waals surface area (Å²) in [4.78, 5) is 25.2. The van der Waals surface area contributed by atoms with Crippen LogP contribution in [-0.2, 0) is 19.1 Å². The molecule has 0 fully saturated rings. The van der Waals surface area contributed by atoms with E-state index < -0.39 is 0 Å². The van der Waals surface area contributed by atoms with Gasteiger partial charge in [-0.2, -0.15) is 0 Å². The molecule has 2 atom stereocenters. The smallest absolute Gasteiger partial charge is 0.305 e. The Morgan fingerprint density at radius 1 is 0.302 bits per heavy atom. The van der Waals surface area contributed by atoms with Crippen molar-refractivity contribution in [3.05, 3.63) is 0 Å². The average molecular weight is 749 g/mol. The lowest BCUT2D eigenvalue weighted by Gasteiger charge is -2.17. The van der Waals surface area contributed by atoms with E-state index in [1.807, 2.05) is 0 Å². The first kappa shape index (κ1) is 51.9. The summed E-state index contributed by atoms with van der Waals surface area (Å²) in [6, 6.07) is 0. The van der Waals surface area contributed by atoms with Gasteiger partial charge in [0, 0.05) is 12.8 Å². The molecular weight excluding hydrogens is 653 g/mol. The number of hydrogen-bond acceptors (Lipinski definition) is 4. The predicted molar refractivity (Wildman–Crippen MR) is 232 cm³/mol. The molecule has 0 bridgehead atoms. The lowest BCUT2D eigenvalue weighted by Crippen LogP contribution is -2.15. The van der Waals surface area contributed by atoms with Crippen molar-refractivity contribution in [2.75, 3.05) is 13.2 Å². The molecule has 0 aliphatic rings. The molecule has 316 valence electrons. The molecule has 2 unspecified atom stereocenters. The third-order valence-corrected chi connectivity index (χ3v) is 11.6. The normalized spacial score (nSPS) is 12.6. The Kier molecular flexibility index (Phi) is 42.8. The van der Waals surface area contributed by atoms with Crippen LogP contribution in [0.5, 0.6) is 0 Å². The highest BCUT2D eigenvalue weighted by Gasteiger charge is 2.14. The summed E-state index contributed by atoms with van der Waals surface area (Å²) in [6.07, 6.45) is 48.3. The molecule has 53 heavy (non-hydrogen) atoms. The molecule has 0 aromatic carbocycles. The van der Waals surface area contributed by atoms with Gasteiger partial charge < -0.3 is 9.47 Å². The number of carbonyl (C=O) groups is 2. The molecule has 4 heteroatoms. The van der Waals surface area contributed by atoms with Crippen molar-refractivity contribution in [2.45, 2.75) is 278 Å². The molecule has 4 nitrogen and oxygen atoms in total. The topological polar surface area (TPSA) is 52.6 Å². The molecule has 0 amide bonds. The first-order chi connectivity index (χ1) is 26.1. The molecule has 0 rings (SSSR count). The fraction of sp³-hybridized carbons (Fsp3) is 0.959. The number of unbranched alkanes of at least 4 members (excludes halogenated alkanes) is 28. The van der Waals surface area contributed by atoms with Crippen LogP contribution in [0.4, 0.5) is 0 Å². The second-order valence-corrected chi connectivity index (χ2v) is 17.0. The van der Waals surface area contributed by atoms with E-state index in [4.69, 9.17) is 9.47 Å². The van der Waals surface area contributed by atoms with Crippen LogP contribution < -0.4 is 0 Å². The first-order valence-corrected chi connectivity index (χ1v) is 24.4. The van der Waals surface area contributed by atoms with Crippen molar-refractivity contribution in [1.82, 2.24) is 0 Å². The number of rotatable bonds is 44. The monoisotopic (exact) mass is 749 g/mol. The van der Waals surface area contributed by atoms with Crippen molar-refractivity contribution >= 4 is 11.9 Å². The lowest BCUT2D eigenvalue weighted by atomic mass is 9.94. The maximum absolute atomic E-state index is 12.6. The van der Waals surface area contributed by atoms with E-state index in [1.54, 1.807) is 0 Å². The Bertz CT molecular complexity index is 676. The Hall–Kier alpha value is -1.06. The van der Waals surface area contributed by atoms with Gasteiger partial charge in [0.05, 0.1) is 13.2 Å². The third-order valence-electron chi connectivity index (χ3n) is 11.6. The zero-order chi connectivity index (χ0) is 38.7. The van der Waals surface area contributed by atoms with Crippen LogP contribution in [0.1, 0.15) is 278 Å². The third kappa shape index (κ3) is 40.4. The van der Waals surface area contributed by atoms with Crippen LogP contribution in [0, 0.1) is 11.8 Å². The molecule has 0 aliphatic carbocycles. The van der Waals surface area contributed by atoms with Gasteiger partial charge in [-0.05, 0) is 50.4 Å². The van der Waals surface area contributed by atoms with Gasteiger partial charge >= 0.3 is 11.9 Å². The van der Waals surface area contributed by atoms with Gasteiger partial charge in [-0.25, -0.2) is 0 Å². The minimum Gasteiger partial charge on any atom is -0.465 e. The van der Waals surface area contributed by atoms with Gasteiger partial charge in [0.2, 0.25) is 0 Å². The van der Waals surface area contributed by atoms with Crippen LogP contribution in [0.3, 0.4) is 0 Å². The Balaban J connectivity index is 4.22. The molecule has 0 N–H and O–H groups in total. The van der Waals surface area contributed by atoms with E-state index in [-0.39, 0.29) is 11.9 Å². The zero-order valence-electron chi connectivity index (χ0n) is 36.8. The molecule has 0 spiro atoms. The van der Waals surface area contributed by atoms with Gasteiger partial charge in [-0.15, -0.1) is 0 Å². The first-order valence-electron chi connectivity index (χ1n) is 24.4. The van der Waals surface area contributed by atoms with Crippen LogP contribution in [0.15, 0.2) is 0 Å². The van der Waals surface area contributed by atoms with Crippen molar-refractivity contribution < 1.29 is 19.1 Å². The number of hydrogen-bond donors (Lipinski definition) is 0. The fourth-order valence-electron chi connectivity index (χ4n) is 7.82. The van der Waals surface area contributed by atoms with Crippen molar-refractivity contribution in [3.63, 3.8) is 0 Å². The number of ether oxygens (including phenoxy) is 2. The summed E-state index contributed by atoms with van der Waals surface area (Å²) in [5.41, 5.74) is 0. The van der Waals surface area contributed by atoms with E-state index in [0.717, 1.165) is 32.1 Å². The number of carbonyl (C=O) groups excluding carboxylic acids is 2. The summed E-state index contributed by atoms with van der Waals surface area (Å²) < 4.78 is 11.7. The molecule has 0 aliphatic heterocycles. The van der Waals surface area contributed by atoms with Crippen molar-refractivity contribution in [3.8, 4) is 0 Å². The van der Waals surface area contributed by atoms with Gasteiger partial charge in [0.15, 0.2) is 0 Å². The van der Waals surface area contributed by atoms with Crippen molar-refractivity contribution in [1.29, 1.82) is 0 Å². The van der Waals surface area contributed by atoms with E-state index in [9.17, 15) is 9.59 Å². The molecule has 0 aromatic rings. The standard InChI is InChI=1S/C49H96O4/c1-5-9-13-17-21-23-28-34-40-46(38-32-26-19-15-11-7-3)44-52-48(50)42-36-30-25-31-37-43-49(51)53-45-47(39-33-27-20-16-12-8-4)41-35-29-24-22-18-14-10-6-2/h46-47H,5-45H2,1-4H3. The Morgan fingerprint density at radius 3 is 0.755 bits per heavy atom. The van der Waals surface area contributed by atoms with Crippen molar-refractivity contribution in [2.24, 2.45) is 11.8 Å². The minimum atomic E-state index is -0.0139. The van der Waals surface area contributed by atoms with Crippen LogP contribution in [0.2, 0.25) is 0 Å². The van der Waals surface area contributed by atoms with Crippen LogP contribution in [0.25, 0.3) is 0 Å². The molecular formula is C49H96O4. The SMILES string of the molecule is CCCCCCCCCCC(CCCCCCCC)COC(=O)CCCCCCCC(=O)OCC(CCCCCCCC)CCCCCCCCCC. The highest BCUT2D eigenvalue weighted by molar-refractivity contribution is 5.69. The predicted octanol–water partition coefficient (Wildman–Crippen LogP) is 16.6. The zero-order valence-corrected chi connectivity index (χ0v) is 36.8. The maximum Gasteiger partial charge on any atom is 0.305 e. The van der Waals surface area contributed by atoms with Gasteiger partial charge in [0.25, 0.3) is 0 Å². The molecule has 0 saturated heterocycles. The molecule has 0 aromatic heterocycles. The van der Waals surface area contributed by atoms with E-state index in [1.165, 1.54) is 205 Å². The van der Waals surface area contributed by atoms with Gasteiger partial charge in [-0.1, -0.05) is 227 Å². The van der Waals surface area contributed by atoms with Crippen LogP contribution in [-0.4, -0.2) is 25.2 Å². The summed E-state index contributed by atoms with van der Waals surface area (Å²) in [5.74, 6) is 1.03. The average Bonchev–Trinajstić information content (AvgIpc) is 3.16. The Labute approximate surface area is 333 Å².